The number of likely N-dealkylation sites (tertiary alicyclic amines) is 1. The smallest absolute Gasteiger partial charge is 0.308 e. The Kier molecular flexibility index (Phi) is 7.62. The van der Waals surface area contributed by atoms with Crippen molar-refractivity contribution in [1.29, 1.82) is 0 Å². The number of aromatic nitrogens is 1. The molecule has 2 aromatic rings. The topological polar surface area (TPSA) is 101 Å². The molecule has 2 aliphatic heterocycles. The van der Waals surface area contributed by atoms with E-state index in [1.54, 1.807) is 11.0 Å². The third-order valence-electron chi connectivity index (χ3n) is 6.03. The number of benzene rings is 1. The first kappa shape index (κ1) is 23.4. The molecule has 1 aromatic heterocycles. The van der Waals surface area contributed by atoms with Gasteiger partial charge in [-0.1, -0.05) is 24.2 Å². The number of thiazole rings is 1. The molecule has 2 saturated heterocycles. The van der Waals surface area contributed by atoms with Crippen molar-refractivity contribution in [3.8, 4) is 0 Å². The zero-order valence-electron chi connectivity index (χ0n) is 18.1. The predicted octanol–water partition coefficient (Wildman–Crippen LogP) is 1.08. The molecule has 0 aliphatic carbocycles. The van der Waals surface area contributed by atoms with Crippen LogP contribution >= 0.6 is 11.3 Å². The van der Waals surface area contributed by atoms with Crippen LogP contribution in [0.15, 0.2) is 27.9 Å². The van der Waals surface area contributed by atoms with Gasteiger partial charge in [-0.25, -0.2) is 13.1 Å². The zero-order chi connectivity index (χ0) is 22.6. The van der Waals surface area contributed by atoms with Crippen LogP contribution in [0.3, 0.4) is 0 Å². The van der Waals surface area contributed by atoms with Gasteiger partial charge < -0.3 is 14.5 Å². The van der Waals surface area contributed by atoms with Crippen LogP contribution in [-0.2, 0) is 26.1 Å². The third-order valence-corrected chi connectivity index (χ3v) is 8.43. The third kappa shape index (κ3) is 5.57. The Hall–Kier alpha value is -1.79. The van der Waals surface area contributed by atoms with Crippen LogP contribution in [0.1, 0.15) is 25.7 Å². The molecule has 1 N–H and O–H groups in total. The van der Waals surface area contributed by atoms with Crippen LogP contribution in [0.2, 0.25) is 0 Å². The van der Waals surface area contributed by atoms with E-state index in [1.807, 2.05) is 0 Å². The number of carbonyl (C=O) groups is 1. The summed E-state index contributed by atoms with van der Waals surface area (Å²) >= 11 is 0.958. The fraction of sp³-hybridized carbons (Fsp3) is 0.619. The number of hydrogen-bond acceptors (Lipinski definition) is 7. The standard InChI is InChI=1S/C21H30N4O5S2/c26-20(24-11-13-30-14-12-24)16-25-18-6-5-17(15-19(18)31-21(25)27)32(28,29)22-7-10-23-8-3-1-2-4-9-23/h5-6,15,22H,1-4,7-14,16H2. The van der Waals surface area contributed by atoms with Gasteiger partial charge in [0, 0.05) is 26.2 Å². The number of hydrogen-bond donors (Lipinski definition) is 1. The molecule has 176 valence electrons. The molecule has 2 fully saturated rings. The maximum absolute atomic E-state index is 12.8. The second-order valence-electron chi connectivity index (χ2n) is 8.23. The lowest BCUT2D eigenvalue weighted by molar-refractivity contribution is -0.135. The van der Waals surface area contributed by atoms with Crippen LogP contribution in [0, 0.1) is 0 Å². The molecule has 32 heavy (non-hydrogen) atoms. The highest BCUT2D eigenvalue weighted by Crippen LogP contribution is 2.22. The Morgan fingerprint density at radius 2 is 1.78 bits per heavy atom. The summed E-state index contributed by atoms with van der Waals surface area (Å²) in [5, 5.41) is 0. The first-order chi connectivity index (χ1) is 15.4. The van der Waals surface area contributed by atoms with E-state index >= 15 is 0 Å². The van der Waals surface area contributed by atoms with Gasteiger partial charge in [-0.3, -0.25) is 14.2 Å². The molecule has 1 aromatic carbocycles. The van der Waals surface area contributed by atoms with Crippen molar-refractivity contribution in [2.45, 2.75) is 37.1 Å². The monoisotopic (exact) mass is 482 g/mol. The van der Waals surface area contributed by atoms with E-state index < -0.39 is 10.0 Å². The van der Waals surface area contributed by atoms with E-state index in [-0.39, 0.29) is 22.2 Å². The Morgan fingerprint density at radius 1 is 1.06 bits per heavy atom. The lowest BCUT2D eigenvalue weighted by Crippen LogP contribution is -2.43. The summed E-state index contributed by atoms with van der Waals surface area (Å²) < 4.78 is 35.5. The molecular formula is C21H30N4O5S2. The molecule has 0 saturated carbocycles. The van der Waals surface area contributed by atoms with E-state index in [2.05, 4.69) is 9.62 Å². The van der Waals surface area contributed by atoms with E-state index in [9.17, 15) is 18.0 Å². The summed E-state index contributed by atoms with van der Waals surface area (Å²) in [5.74, 6) is -0.137. The van der Waals surface area contributed by atoms with Crippen LogP contribution in [0.5, 0.6) is 0 Å². The van der Waals surface area contributed by atoms with Crippen LogP contribution in [0.4, 0.5) is 0 Å². The summed E-state index contributed by atoms with van der Waals surface area (Å²) in [5.41, 5.74) is 0.574. The maximum atomic E-state index is 12.8. The molecule has 0 spiro atoms. The number of nitrogens with one attached hydrogen (secondary N) is 1. The molecule has 2 aliphatic rings. The lowest BCUT2D eigenvalue weighted by Gasteiger charge is -2.26. The SMILES string of the molecule is O=C(Cn1c(=O)sc2cc(S(=O)(=O)NCCN3CCCCCC3)ccc21)N1CCOCC1. The van der Waals surface area contributed by atoms with Gasteiger partial charge in [0.1, 0.15) is 6.54 Å². The van der Waals surface area contributed by atoms with Gasteiger partial charge in [-0.2, -0.15) is 0 Å². The molecule has 9 nitrogen and oxygen atoms in total. The number of fused-ring (bicyclic) bond motifs is 1. The molecular weight excluding hydrogens is 452 g/mol. The Bertz CT molecular complexity index is 1100. The first-order valence-corrected chi connectivity index (χ1v) is 13.4. The van der Waals surface area contributed by atoms with E-state index in [0.29, 0.717) is 49.6 Å². The van der Waals surface area contributed by atoms with Crippen molar-refractivity contribution in [2.75, 3.05) is 52.5 Å². The number of amides is 1. The summed E-state index contributed by atoms with van der Waals surface area (Å²) in [6.45, 7) is 5.03. The lowest BCUT2D eigenvalue weighted by atomic mass is 10.2. The van der Waals surface area contributed by atoms with E-state index in [4.69, 9.17) is 4.74 Å². The van der Waals surface area contributed by atoms with Gasteiger partial charge >= 0.3 is 4.87 Å². The van der Waals surface area contributed by atoms with Crippen LogP contribution < -0.4 is 9.60 Å². The zero-order valence-corrected chi connectivity index (χ0v) is 19.8. The van der Waals surface area contributed by atoms with Gasteiger partial charge in [0.15, 0.2) is 0 Å². The van der Waals surface area contributed by atoms with Crippen LogP contribution in [0.25, 0.3) is 10.2 Å². The van der Waals surface area contributed by atoms with Crippen molar-refractivity contribution in [1.82, 2.24) is 19.1 Å². The van der Waals surface area contributed by atoms with Gasteiger partial charge in [-0.15, -0.1) is 0 Å². The van der Waals surface area contributed by atoms with E-state index in [1.165, 1.54) is 29.5 Å². The van der Waals surface area contributed by atoms with Gasteiger partial charge in [0.05, 0.1) is 28.3 Å². The minimum absolute atomic E-state index is 0.0565. The molecule has 1 amide bonds. The Morgan fingerprint density at radius 3 is 2.50 bits per heavy atom. The summed E-state index contributed by atoms with van der Waals surface area (Å²) in [7, 11) is -3.68. The fourth-order valence-corrected chi connectivity index (χ4v) is 6.24. The molecule has 11 heteroatoms. The molecule has 4 rings (SSSR count). The van der Waals surface area contributed by atoms with E-state index in [0.717, 1.165) is 37.3 Å². The molecule has 3 heterocycles. The van der Waals surface area contributed by atoms with Crippen molar-refractivity contribution >= 4 is 37.5 Å². The molecule has 0 radical (unpaired) electrons. The number of nitrogens with zero attached hydrogens (tertiary/aromatic N) is 3. The highest BCUT2D eigenvalue weighted by molar-refractivity contribution is 7.89. The number of rotatable bonds is 7. The van der Waals surface area contributed by atoms with Gasteiger partial charge in [0.2, 0.25) is 15.9 Å². The van der Waals surface area contributed by atoms with Crippen molar-refractivity contribution in [3.05, 3.63) is 27.9 Å². The average molecular weight is 483 g/mol. The van der Waals surface area contributed by atoms with Crippen molar-refractivity contribution in [3.63, 3.8) is 0 Å². The number of morpholine rings is 1. The van der Waals surface area contributed by atoms with Gasteiger partial charge in [-0.05, 0) is 44.1 Å². The van der Waals surface area contributed by atoms with Crippen LogP contribution in [-0.4, -0.2) is 81.2 Å². The second kappa shape index (κ2) is 10.4. The average Bonchev–Trinajstić information content (AvgIpc) is 2.94. The number of carbonyl (C=O) groups excluding carboxylic acids is 1. The molecule has 0 unspecified atom stereocenters. The predicted molar refractivity (Wildman–Crippen MR) is 124 cm³/mol. The first-order valence-electron chi connectivity index (χ1n) is 11.1. The Labute approximate surface area is 192 Å². The summed E-state index contributed by atoms with van der Waals surface area (Å²) in [6, 6.07) is 4.63. The maximum Gasteiger partial charge on any atom is 0.308 e. The summed E-state index contributed by atoms with van der Waals surface area (Å²) in [4.78, 5) is 28.9. The largest absolute Gasteiger partial charge is 0.378 e. The number of ether oxygens (including phenoxy) is 1. The molecule has 0 atom stereocenters. The quantitative estimate of drug-likeness (QED) is 0.634. The minimum Gasteiger partial charge on any atom is -0.378 e. The minimum atomic E-state index is -3.68. The van der Waals surface area contributed by atoms with Crippen molar-refractivity contribution < 1.29 is 17.9 Å². The second-order valence-corrected chi connectivity index (χ2v) is 11.0. The summed E-state index contributed by atoms with van der Waals surface area (Å²) in [6.07, 6.45) is 4.80. The normalized spacial score (nSPS) is 18.7. The highest BCUT2D eigenvalue weighted by Gasteiger charge is 2.21. The molecule has 0 bridgehead atoms. The Balaban J connectivity index is 1.43. The van der Waals surface area contributed by atoms with Crippen molar-refractivity contribution in [2.24, 2.45) is 0 Å². The number of sulfonamides is 1. The van der Waals surface area contributed by atoms with Gasteiger partial charge in [0.25, 0.3) is 0 Å². The fourth-order valence-electron chi connectivity index (χ4n) is 4.19. The highest BCUT2D eigenvalue weighted by atomic mass is 32.2.